The Kier molecular flexibility index (Phi) is 5.20. The van der Waals surface area contributed by atoms with Gasteiger partial charge in [-0.25, -0.2) is 12.8 Å². The average Bonchev–Trinajstić information content (AvgIpc) is 2.94. The van der Waals surface area contributed by atoms with Gasteiger partial charge in [0.15, 0.2) is 9.84 Å². The molecule has 0 spiro atoms. The summed E-state index contributed by atoms with van der Waals surface area (Å²) in [6.45, 7) is 0.0851. The molecule has 2 rings (SSSR count). The Hall–Kier alpha value is -1.86. The van der Waals surface area contributed by atoms with Gasteiger partial charge in [0, 0.05) is 10.6 Å². The van der Waals surface area contributed by atoms with Gasteiger partial charge in [-0.3, -0.25) is 4.79 Å². The van der Waals surface area contributed by atoms with Gasteiger partial charge in [-0.05, 0) is 24.3 Å². The van der Waals surface area contributed by atoms with E-state index in [4.69, 9.17) is 16.0 Å². The summed E-state index contributed by atoms with van der Waals surface area (Å²) in [5, 5.41) is 2.43. The van der Waals surface area contributed by atoms with Gasteiger partial charge < -0.3 is 9.73 Å². The second-order valence-corrected chi connectivity index (χ2v) is 7.06. The third-order valence-corrected chi connectivity index (χ3v) is 4.60. The quantitative estimate of drug-likeness (QED) is 0.871. The van der Waals surface area contributed by atoms with E-state index in [-0.39, 0.29) is 17.1 Å². The lowest BCUT2D eigenvalue weighted by Crippen LogP contribution is -2.30. The largest absolute Gasteiger partial charge is 0.467 e. The molecule has 0 aliphatic rings. The van der Waals surface area contributed by atoms with Gasteiger partial charge in [0.1, 0.15) is 17.3 Å². The van der Waals surface area contributed by atoms with Crippen molar-refractivity contribution in [2.45, 2.75) is 12.3 Å². The van der Waals surface area contributed by atoms with Crippen LogP contribution >= 0.6 is 11.6 Å². The highest BCUT2D eigenvalue weighted by Crippen LogP contribution is 2.21. The van der Waals surface area contributed by atoms with Crippen LogP contribution in [0.4, 0.5) is 4.39 Å². The van der Waals surface area contributed by atoms with Crippen LogP contribution in [0.3, 0.4) is 0 Å². The molecular weight excluding hydrogens is 333 g/mol. The lowest BCUT2D eigenvalue weighted by Gasteiger charge is -2.08. The van der Waals surface area contributed by atoms with Gasteiger partial charge in [0.05, 0.1) is 18.6 Å². The number of halogens is 2. The van der Waals surface area contributed by atoms with E-state index >= 15 is 0 Å². The summed E-state index contributed by atoms with van der Waals surface area (Å²) in [5.41, 5.74) is -0.136. The molecule has 0 unspecified atom stereocenters. The zero-order valence-electron chi connectivity index (χ0n) is 11.4. The molecule has 0 saturated carbocycles. The van der Waals surface area contributed by atoms with E-state index in [1.54, 1.807) is 12.1 Å². The minimum Gasteiger partial charge on any atom is -0.467 e. The fraction of sp³-hybridized carbons (Fsp3) is 0.214. The first-order chi connectivity index (χ1) is 10.4. The highest BCUT2D eigenvalue weighted by molar-refractivity contribution is 7.91. The highest BCUT2D eigenvalue weighted by Gasteiger charge is 2.21. The number of benzene rings is 1. The molecule has 0 bridgehead atoms. The van der Waals surface area contributed by atoms with Crippen molar-refractivity contribution in [3.63, 3.8) is 0 Å². The predicted molar refractivity (Wildman–Crippen MR) is 79.5 cm³/mol. The molecule has 0 aliphatic heterocycles. The Morgan fingerprint density at radius 2 is 2.05 bits per heavy atom. The van der Waals surface area contributed by atoms with Gasteiger partial charge in [-0.2, -0.15) is 0 Å². The maximum absolute atomic E-state index is 13.6. The highest BCUT2D eigenvalue weighted by atomic mass is 35.5. The van der Waals surface area contributed by atoms with E-state index in [1.807, 2.05) is 0 Å². The molecule has 22 heavy (non-hydrogen) atoms. The predicted octanol–water partition coefficient (Wildman–Crippen LogP) is 2.30. The number of nitrogens with one attached hydrogen (secondary N) is 1. The maximum atomic E-state index is 13.6. The van der Waals surface area contributed by atoms with Crippen molar-refractivity contribution >= 4 is 27.3 Å². The van der Waals surface area contributed by atoms with Crippen LogP contribution < -0.4 is 5.32 Å². The number of hydrogen-bond donors (Lipinski definition) is 1. The number of carbonyl (C=O) groups is 1. The molecule has 1 aromatic heterocycles. The first kappa shape index (κ1) is 16.5. The van der Waals surface area contributed by atoms with Gasteiger partial charge in [0.25, 0.3) is 0 Å². The minimum absolute atomic E-state index is 0.0135. The summed E-state index contributed by atoms with van der Waals surface area (Å²) in [6, 6.07) is 7.19. The molecular formula is C14H13ClFNO4S. The molecule has 118 valence electrons. The number of amides is 1. The average molecular weight is 346 g/mol. The first-order valence-electron chi connectivity index (χ1n) is 6.30. The van der Waals surface area contributed by atoms with Crippen LogP contribution in [-0.4, -0.2) is 20.1 Å². The summed E-state index contributed by atoms with van der Waals surface area (Å²) in [6.07, 6.45) is 1.44. The van der Waals surface area contributed by atoms with E-state index in [9.17, 15) is 17.6 Å². The van der Waals surface area contributed by atoms with Crippen LogP contribution in [0.15, 0.2) is 41.0 Å². The van der Waals surface area contributed by atoms with Crippen LogP contribution in [0, 0.1) is 5.82 Å². The molecule has 0 atom stereocenters. The van der Waals surface area contributed by atoms with Crippen LogP contribution in [0.25, 0.3) is 0 Å². The van der Waals surface area contributed by atoms with Crippen molar-refractivity contribution in [2.24, 2.45) is 0 Å². The Labute approximate surface area is 132 Å². The second kappa shape index (κ2) is 6.93. The molecule has 0 saturated heterocycles. The van der Waals surface area contributed by atoms with Crippen LogP contribution in [-0.2, 0) is 26.9 Å². The monoisotopic (exact) mass is 345 g/mol. The van der Waals surface area contributed by atoms with Gasteiger partial charge in [-0.1, -0.05) is 17.7 Å². The van der Waals surface area contributed by atoms with Crippen LogP contribution in [0.5, 0.6) is 0 Å². The molecule has 1 N–H and O–H groups in total. The molecule has 1 aromatic carbocycles. The second-order valence-electron chi connectivity index (χ2n) is 4.59. The standard InChI is InChI=1S/C14H13ClFNO4S/c15-12-4-1-5-13(16)11(12)8-22(19,20)9-14(18)17-7-10-3-2-6-21-10/h1-6H,7-9H2,(H,17,18). The van der Waals surface area contributed by atoms with E-state index in [1.165, 1.54) is 18.4 Å². The Morgan fingerprint density at radius 1 is 1.27 bits per heavy atom. The van der Waals surface area contributed by atoms with Crippen molar-refractivity contribution in [1.82, 2.24) is 5.32 Å². The first-order valence-corrected chi connectivity index (χ1v) is 8.50. The maximum Gasteiger partial charge on any atom is 0.235 e. The number of hydrogen-bond acceptors (Lipinski definition) is 4. The van der Waals surface area contributed by atoms with E-state index < -0.39 is 33.1 Å². The van der Waals surface area contributed by atoms with Crippen molar-refractivity contribution in [3.8, 4) is 0 Å². The summed E-state index contributed by atoms with van der Waals surface area (Å²) in [5.74, 6) is -2.29. The van der Waals surface area contributed by atoms with Crippen molar-refractivity contribution in [1.29, 1.82) is 0 Å². The fourth-order valence-corrected chi connectivity index (χ4v) is 3.44. The van der Waals surface area contributed by atoms with Crippen molar-refractivity contribution in [2.75, 3.05) is 5.75 Å². The number of sulfone groups is 1. The molecule has 1 amide bonds. The lowest BCUT2D eigenvalue weighted by atomic mass is 10.2. The van der Waals surface area contributed by atoms with Gasteiger partial charge >= 0.3 is 0 Å². The molecule has 0 fully saturated rings. The van der Waals surface area contributed by atoms with E-state index in [2.05, 4.69) is 5.32 Å². The molecule has 0 radical (unpaired) electrons. The summed E-state index contributed by atoms with van der Waals surface area (Å²) >= 11 is 5.78. The smallest absolute Gasteiger partial charge is 0.235 e. The lowest BCUT2D eigenvalue weighted by molar-refractivity contribution is -0.118. The third kappa shape index (κ3) is 4.57. The van der Waals surface area contributed by atoms with Crippen LogP contribution in [0.1, 0.15) is 11.3 Å². The number of furan rings is 1. The van der Waals surface area contributed by atoms with Crippen molar-refractivity contribution < 1.29 is 22.0 Å². The number of rotatable bonds is 6. The molecule has 2 aromatic rings. The third-order valence-electron chi connectivity index (χ3n) is 2.82. The molecule has 8 heteroatoms. The Morgan fingerprint density at radius 3 is 2.68 bits per heavy atom. The summed E-state index contributed by atoms with van der Waals surface area (Å²) in [7, 11) is -3.84. The topological polar surface area (TPSA) is 76.4 Å². The molecule has 0 aliphatic carbocycles. The Balaban J connectivity index is 1.97. The SMILES string of the molecule is O=C(CS(=O)(=O)Cc1c(F)cccc1Cl)NCc1ccco1. The number of carbonyl (C=O) groups excluding carboxylic acids is 1. The van der Waals surface area contributed by atoms with E-state index in [0.29, 0.717) is 5.76 Å². The summed E-state index contributed by atoms with van der Waals surface area (Å²) < 4.78 is 42.5. The fourth-order valence-electron chi connectivity index (χ4n) is 1.79. The normalized spacial score (nSPS) is 11.4. The van der Waals surface area contributed by atoms with Gasteiger partial charge in [-0.15, -0.1) is 0 Å². The summed E-state index contributed by atoms with van der Waals surface area (Å²) in [4.78, 5) is 11.7. The minimum atomic E-state index is -3.84. The zero-order chi connectivity index (χ0) is 16.2. The Bertz CT molecular complexity index is 739. The van der Waals surface area contributed by atoms with E-state index in [0.717, 1.165) is 6.07 Å². The molecule has 5 nitrogen and oxygen atoms in total. The van der Waals surface area contributed by atoms with Crippen LogP contribution in [0.2, 0.25) is 5.02 Å². The van der Waals surface area contributed by atoms with Crippen molar-refractivity contribution in [3.05, 3.63) is 58.8 Å². The molecule has 1 heterocycles. The van der Waals surface area contributed by atoms with Gasteiger partial charge in [0.2, 0.25) is 5.91 Å². The zero-order valence-corrected chi connectivity index (χ0v) is 13.0.